The molecule has 1 aliphatic heterocycles. The van der Waals surface area contributed by atoms with Crippen LogP contribution in [0.4, 0.5) is 0 Å². The Kier molecular flexibility index (Phi) is 6.81. The number of hydrogen-bond donors (Lipinski definition) is 1. The summed E-state index contributed by atoms with van der Waals surface area (Å²) in [6.45, 7) is 10.2. The van der Waals surface area contributed by atoms with Gasteiger partial charge in [0.05, 0.1) is 0 Å². The zero-order valence-electron chi connectivity index (χ0n) is 16.6. The molecule has 1 fully saturated rings. The van der Waals surface area contributed by atoms with Crippen molar-refractivity contribution in [1.29, 1.82) is 0 Å². The Morgan fingerprint density at radius 3 is 2.42 bits per heavy atom. The van der Waals surface area contributed by atoms with E-state index in [1.54, 1.807) is 0 Å². The van der Waals surface area contributed by atoms with Crippen LogP contribution < -0.4 is 5.32 Å². The van der Waals surface area contributed by atoms with Crippen molar-refractivity contribution in [2.24, 2.45) is 0 Å². The van der Waals surface area contributed by atoms with Crippen molar-refractivity contribution in [3.8, 4) is 0 Å². The quantitative estimate of drug-likeness (QED) is 0.791. The number of likely N-dealkylation sites (tertiary alicyclic amines) is 1. The molecule has 144 valence electrons. The van der Waals surface area contributed by atoms with Gasteiger partial charge in [0, 0.05) is 25.0 Å². The van der Waals surface area contributed by atoms with Gasteiger partial charge < -0.3 is 10.1 Å². The summed E-state index contributed by atoms with van der Waals surface area (Å²) in [7, 11) is 0. The number of carbonyl (C=O) groups is 2. The van der Waals surface area contributed by atoms with Crippen LogP contribution >= 0.6 is 0 Å². The predicted molar refractivity (Wildman–Crippen MR) is 103 cm³/mol. The van der Waals surface area contributed by atoms with Crippen LogP contribution in [0.1, 0.15) is 59.4 Å². The number of nitrogens with one attached hydrogen (secondary N) is 1. The second-order valence-electron chi connectivity index (χ2n) is 8.36. The van der Waals surface area contributed by atoms with E-state index in [-0.39, 0.29) is 30.0 Å². The molecule has 1 aliphatic rings. The molecule has 5 heteroatoms. The molecule has 0 bridgehead atoms. The highest BCUT2D eigenvalue weighted by atomic mass is 16.6. The summed E-state index contributed by atoms with van der Waals surface area (Å²) < 4.78 is 5.63. The Hall–Kier alpha value is -1.88. The van der Waals surface area contributed by atoms with Gasteiger partial charge in [-0.3, -0.25) is 14.5 Å². The third-order valence-corrected chi connectivity index (χ3v) is 4.40. The monoisotopic (exact) mass is 360 g/mol. The molecule has 1 saturated heterocycles. The van der Waals surface area contributed by atoms with Crippen LogP contribution in [-0.4, -0.2) is 40.5 Å². The smallest absolute Gasteiger partial charge is 0.323 e. The van der Waals surface area contributed by atoms with Crippen LogP contribution in [0.25, 0.3) is 0 Å². The molecule has 0 radical (unpaired) electrons. The van der Waals surface area contributed by atoms with Gasteiger partial charge in [0.15, 0.2) is 0 Å². The summed E-state index contributed by atoms with van der Waals surface area (Å²) in [4.78, 5) is 27.1. The Balaban J connectivity index is 2.14. The molecule has 2 rings (SSSR count). The summed E-state index contributed by atoms with van der Waals surface area (Å²) >= 11 is 0. The fourth-order valence-corrected chi connectivity index (χ4v) is 3.41. The summed E-state index contributed by atoms with van der Waals surface area (Å²) in [5.41, 5.74) is 0.625. The maximum absolute atomic E-state index is 12.7. The van der Waals surface area contributed by atoms with Gasteiger partial charge in [0.1, 0.15) is 11.6 Å². The normalized spacial score (nSPS) is 21.0. The van der Waals surface area contributed by atoms with Gasteiger partial charge in [-0.05, 0) is 53.0 Å². The van der Waals surface area contributed by atoms with E-state index in [9.17, 15) is 9.59 Å². The first kappa shape index (κ1) is 20.4. The maximum atomic E-state index is 12.7. The number of hydrogen-bond acceptors (Lipinski definition) is 4. The van der Waals surface area contributed by atoms with Gasteiger partial charge in [0.2, 0.25) is 5.91 Å². The van der Waals surface area contributed by atoms with E-state index in [1.165, 1.54) is 0 Å². The molecular formula is C21H32N2O3. The van der Waals surface area contributed by atoms with Crippen LogP contribution in [0, 0.1) is 0 Å². The largest absolute Gasteiger partial charge is 0.459 e. The number of rotatable bonds is 6. The molecule has 0 saturated carbocycles. The number of esters is 1. The first-order valence-electron chi connectivity index (χ1n) is 9.47. The van der Waals surface area contributed by atoms with Crippen molar-refractivity contribution < 1.29 is 14.3 Å². The molecule has 1 aromatic rings. The lowest BCUT2D eigenvalue weighted by Crippen LogP contribution is -2.45. The van der Waals surface area contributed by atoms with Gasteiger partial charge in [-0.15, -0.1) is 0 Å². The fraction of sp³-hybridized carbons (Fsp3) is 0.619. The maximum Gasteiger partial charge on any atom is 0.323 e. The Labute approximate surface area is 157 Å². The second kappa shape index (κ2) is 8.67. The topological polar surface area (TPSA) is 58.6 Å². The van der Waals surface area contributed by atoms with Gasteiger partial charge in [-0.2, -0.15) is 0 Å². The molecule has 0 spiro atoms. The molecule has 1 amide bonds. The molecule has 2 atom stereocenters. The zero-order valence-corrected chi connectivity index (χ0v) is 16.6. The minimum atomic E-state index is -0.511. The number of amides is 1. The SMILES string of the molecule is CC(C)NC(=O)CC1CCC(C(=O)OC(C)(C)C)N1Cc1ccccc1. The molecule has 1 aromatic carbocycles. The molecule has 1 heterocycles. The van der Waals surface area contributed by atoms with Crippen molar-refractivity contribution in [2.75, 3.05) is 0 Å². The third-order valence-electron chi connectivity index (χ3n) is 4.40. The van der Waals surface area contributed by atoms with Gasteiger partial charge in [-0.25, -0.2) is 0 Å². The molecule has 0 aromatic heterocycles. The van der Waals surface area contributed by atoms with Crippen LogP contribution in [0.5, 0.6) is 0 Å². The van der Waals surface area contributed by atoms with E-state index in [0.717, 1.165) is 18.4 Å². The van der Waals surface area contributed by atoms with E-state index in [2.05, 4.69) is 22.3 Å². The zero-order chi connectivity index (χ0) is 19.3. The third kappa shape index (κ3) is 6.13. The summed E-state index contributed by atoms with van der Waals surface area (Å²) in [6, 6.07) is 9.94. The summed E-state index contributed by atoms with van der Waals surface area (Å²) in [5, 5.41) is 2.95. The minimum absolute atomic E-state index is 0.0351. The van der Waals surface area contributed by atoms with Crippen molar-refractivity contribution >= 4 is 11.9 Å². The predicted octanol–water partition coefficient (Wildman–Crippen LogP) is 3.28. The van der Waals surface area contributed by atoms with Gasteiger partial charge in [-0.1, -0.05) is 30.3 Å². The van der Waals surface area contributed by atoms with E-state index < -0.39 is 5.60 Å². The Bertz CT molecular complexity index is 607. The Morgan fingerprint density at radius 1 is 1.19 bits per heavy atom. The van der Waals surface area contributed by atoms with Crippen molar-refractivity contribution in [1.82, 2.24) is 10.2 Å². The van der Waals surface area contributed by atoms with Crippen LogP contribution in [-0.2, 0) is 20.9 Å². The summed E-state index contributed by atoms with van der Waals surface area (Å²) in [5.74, 6) is -0.159. The Morgan fingerprint density at radius 2 is 1.85 bits per heavy atom. The van der Waals surface area contributed by atoms with Crippen molar-refractivity contribution in [2.45, 2.75) is 84.2 Å². The average molecular weight is 360 g/mol. The fourth-order valence-electron chi connectivity index (χ4n) is 3.41. The molecule has 5 nitrogen and oxygen atoms in total. The standard InChI is InChI=1S/C21H32N2O3/c1-15(2)22-19(24)13-17-11-12-18(20(25)26-21(3,4)5)23(17)14-16-9-7-6-8-10-16/h6-10,15,17-18H,11-14H2,1-5H3,(H,22,24). The number of nitrogens with zero attached hydrogens (tertiary/aromatic N) is 1. The molecule has 1 N–H and O–H groups in total. The lowest BCUT2D eigenvalue weighted by Gasteiger charge is -2.31. The van der Waals surface area contributed by atoms with Crippen LogP contribution in [0.2, 0.25) is 0 Å². The lowest BCUT2D eigenvalue weighted by atomic mass is 10.1. The number of carbonyl (C=O) groups excluding carboxylic acids is 2. The van der Waals surface area contributed by atoms with E-state index >= 15 is 0 Å². The van der Waals surface area contributed by atoms with Gasteiger partial charge >= 0.3 is 5.97 Å². The number of ether oxygens (including phenoxy) is 1. The highest BCUT2D eigenvalue weighted by molar-refractivity contribution is 5.79. The highest BCUT2D eigenvalue weighted by Gasteiger charge is 2.40. The van der Waals surface area contributed by atoms with Crippen LogP contribution in [0.15, 0.2) is 30.3 Å². The minimum Gasteiger partial charge on any atom is -0.459 e. The number of benzene rings is 1. The summed E-state index contributed by atoms with van der Waals surface area (Å²) in [6.07, 6.45) is 1.95. The average Bonchev–Trinajstić information content (AvgIpc) is 2.88. The van der Waals surface area contributed by atoms with Crippen LogP contribution in [0.3, 0.4) is 0 Å². The first-order chi connectivity index (χ1) is 12.2. The van der Waals surface area contributed by atoms with Gasteiger partial charge in [0.25, 0.3) is 0 Å². The molecular weight excluding hydrogens is 328 g/mol. The van der Waals surface area contributed by atoms with E-state index in [1.807, 2.05) is 52.8 Å². The first-order valence-corrected chi connectivity index (χ1v) is 9.47. The van der Waals surface area contributed by atoms with E-state index in [4.69, 9.17) is 4.74 Å². The van der Waals surface area contributed by atoms with Crippen molar-refractivity contribution in [3.63, 3.8) is 0 Å². The molecule has 26 heavy (non-hydrogen) atoms. The van der Waals surface area contributed by atoms with Crippen molar-refractivity contribution in [3.05, 3.63) is 35.9 Å². The molecule has 2 unspecified atom stereocenters. The lowest BCUT2D eigenvalue weighted by molar-refractivity contribution is -0.161. The molecule has 0 aliphatic carbocycles. The van der Waals surface area contributed by atoms with E-state index in [0.29, 0.717) is 13.0 Å². The second-order valence-corrected chi connectivity index (χ2v) is 8.36. The highest BCUT2D eigenvalue weighted by Crippen LogP contribution is 2.30.